The Kier molecular flexibility index (Phi) is 2.73. The van der Waals surface area contributed by atoms with E-state index in [1.165, 1.54) is 3.58 Å². The molecule has 0 heterocycles. The van der Waals surface area contributed by atoms with E-state index in [-0.39, 0.29) is 0 Å². The zero-order chi connectivity index (χ0) is 8.48. The van der Waals surface area contributed by atoms with Crippen LogP contribution in [0.4, 0.5) is 0 Å². The maximum absolute atomic E-state index is 10.5. The van der Waals surface area contributed by atoms with E-state index in [0.29, 0.717) is 5.41 Å². The van der Waals surface area contributed by atoms with Gasteiger partial charge in [-0.1, -0.05) is 13.8 Å². The Hall–Kier alpha value is 0.140. The lowest BCUT2D eigenvalue weighted by Gasteiger charge is -2.29. The van der Waals surface area contributed by atoms with Gasteiger partial charge in [0.25, 0.3) is 0 Å². The van der Waals surface area contributed by atoms with Gasteiger partial charge in [-0.2, -0.15) is 0 Å². The van der Waals surface area contributed by atoms with Gasteiger partial charge in [-0.25, -0.2) is 0 Å². The molecule has 0 N–H and O–H groups in total. The van der Waals surface area contributed by atoms with Gasteiger partial charge in [-0.3, -0.25) is 4.79 Å². The van der Waals surface area contributed by atoms with Crippen molar-refractivity contribution < 1.29 is 4.79 Å². The van der Waals surface area contributed by atoms with Crippen molar-refractivity contribution in [1.29, 1.82) is 0 Å². The summed E-state index contributed by atoms with van der Waals surface area (Å²) >= 11 is 2.29. The quantitative estimate of drug-likeness (QED) is 0.525. The van der Waals surface area contributed by atoms with Crippen LogP contribution in [-0.2, 0) is 4.79 Å². The standard InChI is InChI=1S/C9H13IO/c1-9(2)4-3-7(6-11)8(10)5-9/h6H,3-5H2,1-2H3. The molecule has 0 unspecified atom stereocenters. The number of carbonyl (C=O) groups excluding carboxylic acids is 1. The Bertz CT molecular complexity index is 204. The van der Waals surface area contributed by atoms with E-state index in [4.69, 9.17) is 0 Å². The fraction of sp³-hybridized carbons (Fsp3) is 0.667. The monoisotopic (exact) mass is 264 g/mol. The predicted octanol–water partition coefficient (Wildman–Crippen LogP) is 3.08. The maximum Gasteiger partial charge on any atom is 0.146 e. The Labute approximate surface area is 81.4 Å². The highest BCUT2D eigenvalue weighted by Gasteiger charge is 2.25. The van der Waals surface area contributed by atoms with Gasteiger partial charge in [0, 0.05) is 5.57 Å². The van der Waals surface area contributed by atoms with Crippen molar-refractivity contribution in [3.05, 3.63) is 9.15 Å². The van der Waals surface area contributed by atoms with Gasteiger partial charge in [0.15, 0.2) is 0 Å². The summed E-state index contributed by atoms with van der Waals surface area (Å²) in [6.07, 6.45) is 4.20. The average molecular weight is 264 g/mol. The summed E-state index contributed by atoms with van der Waals surface area (Å²) in [5.74, 6) is 0. The molecule has 0 radical (unpaired) electrons. The summed E-state index contributed by atoms with van der Waals surface area (Å²) in [5.41, 5.74) is 1.42. The molecule has 0 bridgehead atoms. The van der Waals surface area contributed by atoms with Gasteiger partial charge in [0.05, 0.1) is 0 Å². The van der Waals surface area contributed by atoms with E-state index in [0.717, 1.165) is 31.1 Å². The second kappa shape index (κ2) is 3.25. The summed E-state index contributed by atoms with van der Waals surface area (Å²) in [5, 5.41) is 0. The summed E-state index contributed by atoms with van der Waals surface area (Å²) in [4.78, 5) is 10.5. The van der Waals surface area contributed by atoms with Crippen LogP contribution in [0.5, 0.6) is 0 Å². The third-order valence-corrected chi connectivity index (χ3v) is 3.27. The van der Waals surface area contributed by atoms with Crippen molar-refractivity contribution in [2.45, 2.75) is 33.1 Å². The van der Waals surface area contributed by atoms with Crippen LogP contribution in [0.3, 0.4) is 0 Å². The summed E-state index contributed by atoms with van der Waals surface area (Å²) in [6, 6.07) is 0. The largest absolute Gasteiger partial charge is 0.298 e. The van der Waals surface area contributed by atoms with Crippen molar-refractivity contribution in [1.82, 2.24) is 0 Å². The molecule has 1 rings (SSSR count). The van der Waals surface area contributed by atoms with E-state index in [2.05, 4.69) is 36.4 Å². The van der Waals surface area contributed by atoms with Crippen molar-refractivity contribution in [2.75, 3.05) is 0 Å². The number of carbonyl (C=O) groups is 1. The lowest BCUT2D eigenvalue weighted by Crippen LogP contribution is -2.16. The molecule has 0 aliphatic heterocycles. The first-order valence-electron chi connectivity index (χ1n) is 3.88. The highest BCUT2D eigenvalue weighted by molar-refractivity contribution is 14.1. The number of rotatable bonds is 1. The molecule has 11 heavy (non-hydrogen) atoms. The van der Waals surface area contributed by atoms with Crippen LogP contribution in [0, 0.1) is 5.41 Å². The molecule has 62 valence electrons. The highest BCUT2D eigenvalue weighted by Crippen LogP contribution is 2.40. The minimum Gasteiger partial charge on any atom is -0.298 e. The molecule has 0 amide bonds. The van der Waals surface area contributed by atoms with Crippen LogP contribution >= 0.6 is 22.6 Å². The van der Waals surface area contributed by atoms with Gasteiger partial charge in [0.1, 0.15) is 6.29 Å². The summed E-state index contributed by atoms with van der Waals surface area (Å²) in [6.45, 7) is 4.51. The van der Waals surface area contributed by atoms with E-state index in [1.54, 1.807) is 0 Å². The first kappa shape index (κ1) is 9.23. The lowest BCUT2D eigenvalue weighted by atomic mass is 9.79. The smallest absolute Gasteiger partial charge is 0.146 e. The molecule has 0 saturated heterocycles. The second-order valence-electron chi connectivity index (χ2n) is 3.89. The molecule has 0 saturated carbocycles. The molecule has 0 aromatic rings. The average Bonchev–Trinajstić information content (AvgIpc) is 1.86. The van der Waals surface area contributed by atoms with Gasteiger partial charge in [-0.15, -0.1) is 0 Å². The van der Waals surface area contributed by atoms with Gasteiger partial charge < -0.3 is 0 Å². The molecule has 1 nitrogen and oxygen atoms in total. The Morgan fingerprint density at radius 2 is 2.18 bits per heavy atom. The van der Waals surface area contributed by atoms with Gasteiger partial charge in [0.2, 0.25) is 0 Å². The van der Waals surface area contributed by atoms with E-state index < -0.39 is 0 Å². The van der Waals surface area contributed by atoms with Crippen molar-refractivity contribution in [2.24, 2.45) is 5.41 Å². The number of hydrogen-bond acceptors (Lipinski definition) is 1. The van der Waals surface area contributed by atoms with Crippen LogP contribution in [0.1, 0.15) is 33.1 Å². The molecular formula is C9H13IO. The van der Waals surface area contributed by atoms with Crippen LogP contribution < -0.4 is 0 Å². The Morgan fingerprint density at radius 3 is 2.64 bits per heavy atom. The van der Waals surface area contributed by atoms with E-state index >= 15 is 0 Å². The summed E-state index contributed by atoms with van der Waals surface area (Å²) in [7, 11) is 0. The summed E-state index contributed by atoms with van der Waals surface area (Å²) < 4.78 is 1.26. The third-order valence-electron chi connectivity index (χ3n) is 2.20. The molecule has 0 aromatic heterocycles. The molecule has 0 spiro atoms. The van der Waals surface area contributed by atoms with Crippen LogP contribution in [0.2, 0.25) is 0 Å². The number of aldehydes is 1. The third kappa shape index (κ3) is 2.29. The highest BCUT2D eigenvalue weighted by atomic mass is 127. The first-order chi connectivity index (χ1) is 5.05. The minimum atomic E-state index is 0.406. The first-order valence-corrected chi connectivity index (χ1v) is 4.96. The van der Waals surface area contributed by atoms with Crippen LogP contribution in [-0.4, -0.2) is 6.29 Å². The molecule has 1 aliphatic carbocycles. The van der Waals surface area contributed by atoms with E-state index in [9.17, 15) is 4.79 Å². The molecular weight excluding hydrogens is 251 g/mol. The fourth-order valence-electron chi connectivity index (χ4n) is 1.35. The lowest BCUT2D eigenvalue weighted by molar-refractivity contribution is -0.105. The topological polar surface area (TPSA) is 17.1 Å². The van der Waals surface area contributed by atoms with Crippen LogP contribution in [0.25, 0.3) is 0 Å². The number of allylic oxidation sites excluding steroid dienone is 2. The number of halogens is 1. The Balaban J connectivity index is 2.79. The SMILES string of the molecule is CC1(C)CCC(C=O)=C(I)C1. The zero-order valence-corrected chi connectivity index (χ0v) is 9.14. The number of hydrogen-bond donors (Lipinski definition) is 0. The fourth-order valence-corrected chi connectivity index (χ4v) is 2.78. The Morgan fingerprint density at radius 1 is 1.55 bits per heavy atom. The maximum atomic E-state index is 10.5. The molecule has 2 heteroatoms. The van der Waals surface area contributed by atoms with Gasteiger partial charge in [-0.05, 0) is 50.8 Å². The zero-order valence-electron chi connectivity index (χ0n) is 6.98. The minimum absolute atomic E-state index is 0.406. The molecule has 0 aromatic carbocycles. The van der Waals surface area contributed by atoms with Gasteiger partial charge >= 0.3 is 0 Å². The normalized spacial score (nSPS) is 23.5. The van der Waals surface area contributed by atoms with Crippen molar-refractivity contribution in [3.8, 4) is 0 Å². The second-order valence-corrected chi connectivity index (χ2v) is 5.19. The van der Waals surface area contributed by atoms with E-state index in [1.807, 2.05) is 0 Å². The molecule has 0 fully saturated rings. The molecule has 1 aliphatic rings. The molecule has 0 atom stereocenters. The predicted molar refractivity (Wildman–Crippen MR) is 54.7 cm³/mol. The van der Waals surface area contributed by atoms with Crippen LogP contribution in [0.15, 0.2) is 9.15 Å². The van der Waals surface area contributed by atoms with Crippen molar-refractivity contribution in [3.63, 3.8) is 0 Å². The van der Waals surface area contributed by atoms with Crippen molar-refractivity contribution >= 4 is 28.9 Å².